The zero-order valence-electron chi connectivity index (χ0n) is 4.28. The van der Waals surface area contributed by atoms with Gasteiger partial charge in [-0.2, -0.15) is 0 Å². The van der Waals surface area contributed by atoms with Gasteiger partial charge in [0.15, 0.2) is 0 Å². The van der Waals surface area contributed by atoms with E-state index in [9.17, 15) is 0 Å². The number of hydrogen-bond acceptors (Lipinski definition) is 1. The van der Waals surface area contributed by atoms with Crippen molar-refractivity contribution < 1.29 is 0 Å². The minimum Gasteiger partial charge on any atom is -0.368 e. The zero-order chi connectivity index (χ0) is 5.86. The van der Waals surface area contributed by atoms with Gasteiger partial charge in [0, 0.05) is 19.6 Å². The van der Waals surface area contributed by atoms with E-state index in [1.807, 2.05) is 14.1 Å². The van der Waals surface area contributed by atoms with Gasteiger partial charge >= 0.3 is 0 Å². The number of rotatable bonds is 1. The van der Waals surface area contributed by atoms with Crippen LogP contribution in [0.4, 0.5) is 0 Å². The molecule has 0 saturated heterocycles. The van der Waals surface area contributed by atoms with E-state index < -0.39 is 0 Å². The molecule has 0 fully saturated rings. The molecule has 0 rings (SSSR count). The molecule has 0 unspecified atom stereocenters. The minimum atomic E-state index is 0.543. The fourth-order valence-electron chi connectivity index (χ4n) is 0.0976. The normalized spacial score (nSPS) is 11.7. The molecule has 0 aliphatic rings. The van der Waals surface area contributed by atoms with Crippen LogP contribution < -0.4 is 0 Å². The smallest absolute Gasteiger partial charge is 0.115 e. The van der Waals surface area contributed by atoms with Crippen molar-refractivity contribution in [3.8, 4) is 0 Å². The Hall–Kier alpha value is 0.120. The summed E-state index contributed by atoms with van der Waals surface area (Å²) in [6.07, 6.45) is 0. The number of halogens is 2. The van der Waals surface area contributed by atoms with Gasteiger partial charge in [0.1, 0.15) is 5.16 Å². The molecule has 0 heterocycles. The molecule has 0 spiro atoms. The molecule has 0 aromatic heterocycles. The lowest BCUT2D eigenvalue weighted by atomic mass is 10.8. The maximum absolute atomic E-state index is 5.46. The molecule has 0 saturated carbocycles. The SMILES string of the molecule is CN(C)/C(Cl)=C/Cl. The highest BCUT2D eigenvalue weighted by Gasteiger charge is 1.87. The first-order chi connectivity index (χ1) is 3.18. The second-order valence-corrected chi connectivity index (χ2v) is 1.93. The summed E-state index contributed by atoms with van der Waals surface area (Å²) in [6.45, 7) is 0. The van der Waals surface area contributed by atoms with Crippen molar-refractivity contribution in [2.24, 2.45) is 0 Å². The van der Waals surface area contributed by atoms with Crippen LogP contribution in [-0.2, 0) is 0 Å². The molecule has 0 aromatic rings. The topological polar surface area (TPSA) is 3.24 Å². The van der Waals surface area contributed by atoms with Gasteiger partial charge in [0.05, 0.1) is 0 Å². The van der Waals surface area contributed by atoms with E-state index in [0.717, 1.165) is 0 Å². The van der Waals surface area contributed by atoms with Gasteiger partial charge in [-0.25, -0.2) is 0 Å². The average Bonchev–Trinajstić information content (AvgIpc) is 1.65. The van der Waals surface area contributed by atoms with Crippen molar-refractivity contribution in [3.05, 3.63) is 10.7 Å². The van der Waals surface area contributed by atoms with Gasteiger partial charge in [0.25, 0.3) is 0 Å². The minimum absolute atomic E-state index is 0.543. The molecule has 0 amide bonds. The Kier molecular flexibility index (Phi) is 3.22. The summed E-state index contributed by atoms with van der Waals surface area (Å²) in [5, 5.41) is 0.543. The molecule has 0 bridgehead atoms. The van der Waals surface area contributed by atoms with Crippen molar-refractivity contribution in [2.45, 2.75) is 0 Å². The van der Waals surface area contributed by atoms with Crippen LogP contribution in [0.15, 0.2) is 10.7 Å². The summed E-state index contributed by atoms with van der Waals surface area (Å²) in [7, 11) is 3.64. The van der Waals surface area contributed by atoms with E-state index in [0.29, 0.717) is 5.16 Å². The lowest BCUT2D eigenvalue weighted by Crippen LogP contribution is -2.04. The first kappa shape index (κ1) is 7.12. The van der Waals surface area contributed by atoms with Gasteiger partial charge < -0.3 is 4.90 Å². The van der Waals surface area contributed by atoms with Crippen molar-refractivity contribution in [3.63, 3.8) is 0 Å². The molecule has 0 radical (unpaired) electrons. The predicted octanol–water partition coefficient (Wildman–Crippen LogP) is 1.82. The molecule has 3 heteroatoms. The number of nitrogens with zero attached hydrogens (tertiary/aromatic N) is 1. The number of hydrogen-bond donors (Lipinski definition) is 0. The second kappa shape index (κ2) is 3.16. The van der Waals surface area contributed by atoms with Crippen LogP contribution in [0.2, 0.25) is 0 Å². The van der Waals surface area contributed by atoms with E-state index in [1.54, 1.807) is 4.90 Å². The molecule has 0 atom stereocenters. The highest BCUT2D eigenvalue weighted by atomic mass is 35.5. The van der Waals surface area contributed by atoms with Crippen LogP contribution in [0.1, 0.15) is 0 Å². The van der Waals surface area contributed by atoms with Crippen LogP contribution in [0.25, 0.3) is 0 Å². The summed E-state index contributed by atoms with van der Waals surface area (Å²) in [6, 6.07) is 0. The highest BCUT2D eigenvalue weighted by Crippen LogP contribution is 2.03. The maximum atomic E-state index is 5.46. The average molecular weight is 140 g/mol. The monoisotopic (exact) mass is 139 g/mol. The Morgan fingerprint density at radius 1 is 1.57 bits per heavy atom. The summed E-state index contributed by atoms with van der Waals surface area (Å²) in [5.74, 6) is 0. The lowest BCUT2D eigenvalue weighted by Gasteiger charge is -2.06. The van der Waals surface area contributed by atoms with Crippen molar-refractivity contribution in [2.75, 3.05) is 14.1 Å². The molecule has 7 heavy (non-hydrogen) atoms. The third-order valence-corrected chi connectivity index (χ3v) is 1.28. The fourth-order valence-corrected chi connectivity index (χ4v) is 0.293. The molecule has 0 N–H and O–H groups in total. The fraction of sp³-hybridized carbons (Fsp3) is 0.500. The first-order valence-corrected chi connectivity index (χ1v) is 2.63. The molecule has 0 aliphatic carbocycles. The standard InChI is InChI=1S/C4H7Cl2N/c1-7(2)4(6)3-5/h3H,1-2H3/b4-3+. The molecular formula is C4H7Cl2N. The Morgan fingerprint density at radius 2 is 2.00 bits per heavy atom. The van der Waals surface area contributed by atoms with Crippen LogP contribution in [0.5, 0.6) is 0 Å². The van der Waals surface area contributed by atoms with E-state index in [2.05, 4.69) is 0 Å². The van der Waals surface area contributed by atoms with E-state index in [1.165, 1.54) is 5.54 Å². The van der Waals surface area contributed by atoms with E-state index >= 15 is 0 Å². The molecule has 1 nitrogen and oxygen atoms in total. The summed E-state index contributed by atoms with van der Waals surface area (Å²) < 4.78 is 0. The van der Waals surface area contributed by atoms with Gasteiger partial charge in [-0.1, -0.05) is 23.2 Å². The first-order valence-electron chi connectivity index (χ1n) is 1.81. The Morgan fingerprint density at radius 3 is 2.00 bits per heavy atom. The quantitative estimate of drug-likeness (QED) is 0.502. The Bertz CT molecular complexity index is 77.8. The molecule has 0 aliphatic heterocycles. The van der Waals surface area contributed by atoms with E-state index in [-0.39, 0.29) is 0 Å². The van der Waals surface area contributed by atoms with Gasteiger partial charge in [-0.3, -0.25) is 0 Å². The van der Waals surface area contributed by atoms with Gasteiger partial charge in [-0.15, -0.1) is 0 Å². The predicted molar refractivity (Wildman–Crippen MR) is 33.5 cm³/mol. The highest BCUT2D eigenvalue weighted by molar-refractivity contribution is 6.36. The largest absolute Gasteiger partial charge is 0.368 e. The van der Waals surface area contributed by atoms with Crippen LogP contribution in [-0.4, -0.2) is 19.0 Å². The lowest BCUT2D eigenvalue weighted by molar-refractivity contribution is 0.548. The van der Waals surface area contributed by atoms with Crippen molar-refractivity contribution in [1.82, 2.24) is 4.90 Å². The third kappa shape index (κ3) is 2.77. The second-order valence-electron chi connectivity index (χ2n) is 1.33. The zero-order valence-corrected chi connectivity index (χ0v) is 5.79. The summed E-state index contributed by atoms with van der Waals surface area (Å²) in [4.78, 5) is 1.72. The molecular weight excluding hydrogens is 133 g/mol. The van der Waals surface area contributed by atoms with Gasteiger partial charge in [0.2, 0.25) is 0 Å². The maximum Gasteiger partial charge on any atom is 0.115 e. The van der Waals surface area contributed by atoms with Crippen LogP contribution in [0.3, 0.4) is 0 Å². The van der Waals surface area contributed by atoms with Crippen molar-refractivity contribution >= 4 is 23.2 Å². The summed E-state index contributed by atoms with van der Waals surface area (Å²) >= 11 is 10.7. The van der Waals surface area contributed by atoms with Crippen LogP contribution >= 0.6 is 23.2 Å². The van der Waals surface area contributed by atoms with Crippen molar-refractivity contribution in [1.29, 1.82) is 0 Å². The Labute approximate surface area is 53.5 Å². The summed E-state index contributed by atoms with van der Waals surface area (Å²) in [5.41, 5.74) is 1.32. The van der Waals surface area contributed by atoms with E-state index in [4.69, 9.17) is 23.2 Å². The van der Waals surface area contributed by atoms with Crippen LogP contribution in [0, 0.1) is 0 Å². The third-order valence-electron chi connectivity index (χ3n) is 0.517. The molecule has 0 aromatic carbocycles. The Balaban J connectivity index is 3.56. The van der Waals surface area contributed by atoms with Gasteiger partial charge in [-0.05, 0) is 0 Å². The molecule has 42 valence electrons.